The largest absolute Gasteiger partial charge is 0.378 e. The third kappa shape index (κ3) is 3.79. The molecule has 5 nitrogen and oxygen atoms in total. The van der Waals surface area contributed by atoms with E-state index in [1.54, 1.807) is 0 Å². The van der Waals surface area contributed by atoms with Gasteiger partial charge in [0.2, 0.25) is 0 Å². The summed E-state index contributed by atoms with van der Waals surface area (Å²) in [7, 11) is 0. The number of rotatable bonds is 2. The number of aliphatic imine (C=N–C) groups is 1. The van der Waals surface area contributed by atoms with Crippen LogP contribution in [0.25, 0.3) is 0 Å². The molecule has 0 unspecified atom stereocenters. The van der Waals surface area contributed by atoms with Gasteiger partial charge < -0.3 is 9.64 Å². The minimum Gasteiger partial charge on any atom is -0.378 e. The molecule has 1 aliphatic heterocycles. The predicted molar refractivity (Wildman–Crippen MR) is 83.8 cm³/mol. The van der Waals surface area contributed by atoms with Gasteiger partial charge in [-0.25, -0.2) is 4.99 Å². The lowest BCUT2D eigenvalue weighted by Gasteiger charge is -2.29. The van der Waals surface area contributed by atoms with Crippen LogP contribution < -0.4 is 10.2 Å². The third-order valence-electron chi connectivity index (χ3n) is 2.87. The molecule has 1 heterocycles. The van der Waals surface area contributed by atoms with E-state index < -0.39 is 0 Å². The molecule has 0 spiro atoms. The number of ether oxygens (including phenoxy) is 1. The van der Waals surface area contributed by atoms with Crippen LogP contribution >= 0.6 is 23.4 Å². The molecule has 0 aromatic heterocycles. The Morgan fingerprint density at radius 2 is 2.25 bits per heavy atom. The normalized spacial score (nSPS) is 15.8. The van der Waals surface area contributed by atoms with Crippen LogP contribution in [-0.4, -0.2) is 37.7 Å². The highest BCUT2D eigenvalue weighted by Gasteiger charge is 2.15. The van der Waals surface area contributed by atoms with Crippen LogP contribution in [0, 0.1) is 11.5 Å². The minimum absolute atomic E-state index is 0.546. The Morgan fingerprint density at radius 3 is 2.90 bits per heavy atom. The Hall–Kier alpha value is -1.42. The van der Waals surface area contributed by atoms with E-state index in [0.717, 1.165) is 24.5 Å². The molecular weight excluding hydrogens is 296 g/mol. The lowest BCUT2D eigenvalue weighted by molar-refractivity contribution is 0.123. The second-order valence-electron chi connectivity index (χ2n) is 4.09. The van der Waals surface area contributed by atoms with E-state index in [2.05, 4.69) is 15.2 Å². The Morgan fingerprint density at radius 1 is 1.50 bits per heavy atom. The number of hydrogen-bond donors (Lipinski definition) is 1. The molecule has 2 rings (SSSR count). The van der Waals surface area contributed by atoms with Crippen LogP contribution in [0.3, 0.4) is 0 Å². The lowest BCUT2D eigenvalue weighted by atomic mass is 10.2. The zero-order valence-electron chi connectivity index (χ0n) is 11.1. The molecule has 1 aliphatic rings. The first-order chi connectivity index (χ1) is 9.74. The predicted octanol–water partition coefficient (Wildman–Crippen LogP) is 2.60. The van der Waals surface area contributed by atoms with Gasteiger partial charge in [-0.05, 0) is 24.5 Å². The summed E-state index contributed by atoms with van der Waals surface area (Å²) in [6.07, 6.45) is 3.75. The summed E-state index contributed by atoms with van der Waals surface area (Å²) in [5.74, 6) is 0. The van der Waals surface area contributed by atoms with Crippen molar-refractivity contribution in [1.29, 1.82) is 5.26 Å². The number of nitriles is 1. The summed E-state index contributed by atoms with van der Waals surface area (Å²) in [5.41, 5.74) is 1.76. The average Bonchev–Trinajstić information content (AvgIpc) is 2.48. The monoisotopic (exact) mass is 310 g/mol. The summed E-state index contributed by atoms with van der Waals surface area (Å²) < 4.78 is 5.36. The van der Waals surface area contributed by atoms with Gasteiger partial charge in [0.05, 0.1) is 24.6 Å². The molecule has 0 saturated carbocycles. The van der Waals surface area contributed by atoms with Gasteiger partial charge in [-0.15, -0.1) is 0 Å². The molecule has 1 aromatic carbocycles. The maximum atomic E-state index is 8.71. The second kappa shape index (κ2) is 7.39. The Bertz CT molecular complexity index is 538. The number of thioether (sulfide) groups is 1. The molecule has 1 fully saturated rings. The molecule has 0 aliphatic carbocycles. The molecular formula is C13H15ClN4OS. The zero-order chi connectivity index (χ0) is 14.4. The number of halogens is 1. The first-order valence-corrected chi connectivity index (χ1v) is 7.75. The van der Waals surface area contributed by atoms with Crippen molar-refractivity contribution in [3.8, 4) is 6.19 Å². The number of benzene rings is 1. The molecule has 1 aromatic rings. The smallest absolute Gasteiger partial charge is 0.183 e. The highest BCUT2D eigenvalue weighted by molar-refractivity contribution is 8.13. The molecule has 20 heavy (non-hydrogen) atoms. The first-order valence-electron chi connectivity index (χ1n) is 6.14. The number of amidine groups is 1. The van der Waals surface area contributed by atoms with Crippen LogP contribution in [0.1, 0.15) is 0 Å². The Balaban J connectivity index is 2.34. The van der Waals surface area contributed by atoms with Gasteiger partial charge in [-0.3, -0.25) is 5.32 Å². The van der Waals surface area contributed by atoms with Crippen molar-refractivity contribution < 1.29 is 4.74 Å². The van der Waals surface area contributed by atoms with E-state index >= 15 is 0 Å². The van der Waals surface area contributed by atoms with E-state index in [4.69, 9.17) is 21.6 Å². The highest BCUT2D eigenvalue weighted by Crippen LogP contribution is 2.32. The molecule has 0 atom stereocenters. The number of anilines is 1. The Kier molecular flexibility index (Phi) is 5.53. The molecule has 0 bridgehead atoms. The van der Waals surface area contributed by atoms with Gasteiger partial charge in [-0.2, -0.15) is 5.26 Å². The molecule has 1 saturated heterocycles. The van der Waals surface area contributed by atoms with Crippen LogP contribution in [0.15, 0.2) is 23.2 Å². The van der Waals surface area contributed by atoms with Gasteiger partial charge >= 0.3 is 0 Å². The Labute approximate surface area is 127 Å². The van der Waals surface area contributed by atoms with Gasteiger partial charge in [0.25, 0.3) is 0 Å². The van der Waals surface area contributed by atoms with Gasteiger partial charge in [-0.1, -0.05) is 23.4 Å². The first kappa shape index (κ1) is 15.0. The third-order valence-corrected chi connectivity index (χ3v) is 3.68. The maximum Gasteiger partial charge on any atom is 0.183 e. The van der Waals surface area contributed by atoms with E-state index in [1.165, 1.54) is 11.8 Å². The molecule has 0 radical (unpaired) electrons. The van der Waals surface area contributed by atoms with Gasteiger partial charge in [0, 0.05) is 18.1 Å². The number of nitrogens with one attached hydrogen (secondary N) is 1. The fourth-order valence-corrected chi connectivity index (χ4v) is 2.44. The van der Waals surface area contributed by atoms with Crippen molar-refractivity contribution in [3.63, 3.8) is 0 Å². The molecule has 1 N–H and O–H groups in total. The summed E-state index contributed by atoms with van der Waals surface area (Å²) in [4.78, 5) is 6.69. The fraction of sp³-hybridized carbons (Fsp3) is 0.385. The minimum atomic E-state index is 0.546. The van der Waals surface area contributed by atoms with Crippen molar-refractivity contribution in [2.24, 2.45) is 4.99 Å². The van der Waals surface area contributed by atoms with Crippen molar-refractivity contribution in [2.45, 2.75) is 0 Å². The van der Waals surface area contributed by atoms with Crippen LogP contribution in [0.4, 0.5) is 11.4 Å². The highest BCUT2D eigenvalue weighted by atomic mass is 35.5. The second-order valence-corrected chi connectivity index (χ2v) is 5.32. The number of morpholine rings is 1. The van der Waals surface area contributed by atoms with Crippen molar-refractivity contribution >= 4 is 39.9 Å². The van der Waals surface area contributed by atoms with E-state index in [1.807, 2.05) is 30.6 Å². The molecule has 106 valence electrons. The van der Waals surface area contributed by atoms with Crippen molar-refractivity contribution in [1.82, 2.24) is 5.32 Å². The molecule has 7 heteroatoms. The van der Waals surface area contributed by atoms with E-state index in [0.29, 0.717) is 23.4 Å². The average molecular weight is 311 g/mol. The van der Waals surface area contributed by atoms with Crippen LogP contribution in [0.2, 0.25) is 5.02 Å². The standard InChI is InChI=1S/C13H15ClN4OS/c1-20-13(16-9-15)17-11-8-10(14)2-3-12(11)18-4-6-19-7-5-18/h2-3,8H,4-7H2,1H3,(H,16,17). The zero-order valence-corrected chi connectivity index (χ0v) is 12.7. The van der Waals surface area contributed by atoms with Gasteiger partial charge in [0.15, 0.2) is 11.4 Å². The molecule has 0 amide bonds. The summed E-state index contributed by atoms with van der Waals surface area (Å²) in [6.45, 7) is 3.06. The van der Waals surface area contributed by atoms with E-state index in [-0.39, 0.29) is 0 Å². The lowest BCUT2D eigenvalue weighted by Crippen LogP contribution is -2.36. The van der Waals surface area contributed by atoms with Crippen LogP contribution in [-0.2, 0) is 4.74 Å². The summed E-state index contributed by atoms with van der Waals surface area (Å²) in [6, 6.07) is 5.61. The number of hydrogen-bond acceptors (Lipinski definition) is 5. The van der Waals surface area contributed by atoms with E-state index in [9.17, 15) is 0 Å². The summed E-state index contributed by atoms with van der Waals surface area (Å²) in [5, 5.41) is 12.4. The van der Waals surface area contributed by atoms with Crippen molar-refractivity contribution in [2.75, 3.05) is 37.5 Å². The quantitative estimate of drug-likeness (QED) is 0.394. The topological polar surface area (TPSA) is 60.6 Å². The summed E-state index contributed by atoms with van der Waals surface area (Å²) >= 11 is 7.44. The SMILES string of the molecule is CSC(=Nc1cc(Cl)ccc1N1CCOCC1)NC#N. The number of nitrogens with zero attached hydrogens (tertiary/aromatic N) is 3. The maximum absolute atomic E-state index is 8.71. The van der Waals surface area contributed by atoms with Crippen molar-refractivity contribution in [3.05, 3.63) is 23.2 Å². The fourth-order valence-electron chi connectivity index (χ4n) is 1.94. The van der Waals surface area contributed by atoms with Crippen LogP contribution in [0.5, 0.6) is 0 Å². The van der Waals surface area contributed by atoms with Gasteiger partial charge in [0.1, 0.15) is 0 Å².